The van der Waals surface area contributed by atoms with E-state index in [4.69, 9.17) is 5.11 Å². The van der Waals surface area contributed by atoms with Crippen LogP contribution in [0.15, 0.2) is 18.6 Å². The van der Waals surface area contributed by atoms with Crippen LogP contribution in [0.5, 0.6) is 0 Å². The molecule has 0 aliphatic carbocycles. The molecule has 2 rings (SSSR count). The number of aromatic amines is 1. The predicted molar refractivity (Wildman–Crippen MR) is 68.1 cm³/mol. The van der Waals surface area contributed by atoms with Gasteiger partial charge < -0.3 is 15.0 Å². The molecule has 17 heavy (non-hydrogen) atoms. The maximum Gasteiger partial charge on any atom is 0.142 e. The van der Waals surface area contributed by atoms with E-state index in [1.165, 1.54) is 0 Å². The van der Waals surface area contributed by atoms with Gasteiger partial charge in [-0.1, -0.05) is 13.3 Å². The summed E-state index contributed by atoms with van der Waals surface area (Å²) < 4.78 is 0. The minimum Gasteiger partial charge on any atom is -0.395 e. The van der Waals surface area contributed by atoms with Crippen molar-refractivity contribution in [3.8, 4) is 0 Å². The molecule has 0 spiro atoms. The van der Waals surface area contributed by atoms with E-state index in [1.807, 2.05) is 12.3 Å². The molecule has 0 amide bonds. The molecule has 0 unspecified atom stereocenters. The lowest BCUT2D eigenvalue weighted by Gasteiger charge is -2.22. The normalized spacial score (nSPS) is 10.9. The first-order chi connectivity index (χ1) is 8.36. The van der Waals surface area contributed by atoms with E-state index in [0.717, 1.165) is 36.2 Å². The number of aliphatic hydroxyl groups is 1. The van der Waals surface area contributed by atoms with Crippen molar-refractivity contribution in [2.45, 2.75) is 19.8 Å². The van der Waals surface area contributed by atoms with Crippen LogP contribution < -0.4 is 4.90 Å². The maximum atomic E-state index is 9.13. The molecular weight excluding hydrogens is 216 g/mol. The Morgan fingerprint density at radius 3 is 3.00 bits per heavy atom. The molecule has 0 aliphatic rings. The van der Waals surface area contributed by atoms with Gasteiger partial charge in [-0.2, -0.15) is 0 Å². The van der Waals surface area contributed by atoms with Crippen molar-refractivity contribution >= 4 is 16.9 Å². The van der Waals surface area contributed by atoms with Crippen molar-refractivity contribution in [3.63, 3.8) is 0 Å². The van der Waals surface area contributed by atoms with Gasteiger partial charge in [-0.25, -0.2) is 9.97 Å². The third kappa shape index (κ3) is 2.55. The van der Waals surface area contributed by atoms with Crippen molar-refractivity contribution in [1.82, 2.24) is 15.0 Å². The Morgan fingerprint density at radius 1 is 1.35 bits per heavy atom. The molecule has 0 atom stereocenters. The number of aromatic nitrogens is 3. The maximum absolute atomic E-state index is 9.13. The van der Waals surface area contributed by atoms with E-state index in [9.17, 15) is 0 Å². The fraction of sp³-hybridized carbons (Fsp3) is 0.500. The summed E-state index contributed by atoms with van der Waals surface area (Å²) in [6.45, 7) is 3.81. The molecule has 2 aromatic rings. The first kappa shape index (κ1) is 11.9. The van der Waals surface area contributed by atoms with Crippen LogP contribution in [0.25, 0.3) is 11.0 Å². The second-order valence-electron chi connectivity index (χ2n) is 4.00. The first-order valence-corrected chi connectivity index (χ1v) is 6.00. The van der Waals surface area contributed by atoms with Crippen molar-refractivity contribution in [2.75, 3.05) is 24.6 Å². The van der Waals surface area contributed by atoms with Gasteiger partial charge in [-0.05, 0) is 12.5 Å². The van der Waals surface area contributed by atoms with Crippen molar-refractivity contribution < 1.29 is 5.11 Å². The second kappa shape index (κ2) is 5.63. The SMILES string of the molecule is CCCCN(CCO)c1ncnc2[nH]ccc12. The van der Waals surface area contributed by atoms with Crippen LogP contribution in [-0.4, -0.2) is 39.8 Å². The summed E-state index contributed by atoms with van der Waals surface area (Å²) in [7, 11) is 0. The molecule has 0 saturated heterocycles. The minimum absolute atomic E-state index is 0.139. The summed E-state index contributed by atoms with van der Waals surface area (Å²) in [5.74, 6) is 0.902. The highest BCUT2D eigenvalue weighted by Crippen LogP contribution is 2.21. The van der Waals surface area contributed by atoms with Gasteiger partial charge in [0.05, 0.1) is 12.0 Å². The van der Waals surface area contributed by atoms with Crippen LogP contribution in [0, 0.1) is 0 Å². The Morgan fingerprint density at radius 2 is 2.24 bits per heavy atom. The molecule has 0 bridgehead atoms. The zero-order chi connectivity index (χ0) is 12.1. The van der Waals surface area contributed by atoms with Crippen LogP contribution in [0.3, 0.4) is 0 Å². The summed E-state index contributed by atoms with van der Waals surface area (Å²) in [4.78, 5) is 13.7. The molecule has 0 aromatic carbocycles. The quantitative estimate of drug-likeness (QED) is 0.796. The molecule has 5 heteroatoms. The number of nitrogens with zero attached hydrogens (tertiary/aromatic N) is 3. The molecule has 2 N–H and O–H groups in total. The highest BCUT2D eigenvalue weighted by Gasteiger charge is 2.11. The lowest BCUT2D eigenvalue weighted by molar-refractivity contribution is 0.301. The molecule has 0 aliphatic heterocycles. The molecule has 2 aromatic heterocycles. The third-order valence-corrected chi connectivity index (χ3v) is 2.78. The van der Waals surface area contributed by atoms with E-state index < -0.39 is 0 Å². The lowest BCUT2D eigenvalue weighted by Crippen LogP contribution is -2.28. The zero-order valence-corrected chi connectivity index (χ0v) is 10.1. The summed E-state index contributed by atoms with van der Waals surface area (Å²) in [6.07, 6.45) is 5.64. The largest absolute Gasteiger partial charge is 0.395 e. The average molecular weight is 234 g/mol. The second-order valence-corrected chi connectivity index (χ2v) is 4.00. The van der Waals surface area contributed by atoms with E-state index in [-0.39, 0.29) is 6.61 Å². The number of nitrogens with one attached hydrogen (secondary N) is 1. The predicted octanol–water partition coefficient (Wildman–Crippen LogP) is 1.56. The van der Waals surface area contributed by atoms with Gasteiger partial charge in [0.1, 0.15) is 17.8 Å². The lowest BCUT2D eigenvalue weighted by atomic mass is 10.3. The van der Waals surface area contributed by atoms with Crippen LogP contribution in [0.2, 0.25) is 0 Å². The summed E-state index contributed by atoms with van der Waals surface area (Å²) in [5, 5.41) is 10.1. The number of rotatable bonds is 6. The Labute approximate surface area is 101 Å². The fourth-order valence-corrected chi connectivity index (χ4v) is 1.90. The van der Waals surface area contributed by atoms with Crippen molar-refractivity contribution in [2.24, 2.45) is 0 Å². The van der Waals surface area contributed by atoms with Crippen molar-refractivity contribution in [3.05, 3.63) is 18.6 Å². The Kier molecular flexibility index (Phi) is 3.93. The monoisotopic (exact) mass is 234 g/mol. The number of hydrogen-bond donors (Lipinski definition) is 2. The topological polar surface area (TPSA) is 65.0 Å². The van der Waals surface area contributed by atoms with Crippen molar-refractivity contribution in [1.29, 1.82) is 0 Å². The molecular formula is C12H18N4O. The Hall–Kier alpha value is -1.62. The van der Waals surface area contributed by atoms with Crippen LogP contribution in [-0.2, 0) is 0 Å². The van der Waals surface area contributed by atoms with Gasteiger partial charge in [0, 0.05) is 19.3 Å². The summed E-state index contributed by atoms with van der Waals surface area (Å²) in [6, 6.07) is 1.97. The highest BCUT2D eigenvalue weighted by molar-refractivity contribution is 5.87. The van der Waals surface area contributed by atoms with Crippen LogP contribution in [0.1, 0.15) is 19.8 Å². The Bertz CT molecular complexity index is 468. The van der Waals surface area contributed by atoms with Crippen LogP contribution in [0.4, 0.5) is 5.82 Å². The fourth-order valence-electron chi connectivity index (χ4n) is 1.90. The van der Waals surface area contributed by atoms with E-state index in [1.54, 1.807) is 6.33 Å². The van der Waals surface area contributed by atoms with Gasteiger partial charge >= 0.3 is 0 Å². The van der Waals surface area contributed by atoms with Gasteiger partial charge in [-0.3, -0.25) is 0 Å². The van der Waals surface area contributed by atoms with Gasteiger partial charge in [-0.15, -0.1) is 0 Å². The molecule has 5 nitrogen and oxygen atoms in total. The molecule has 0 saturated carbocycles. The minimum atomic E-state index is 0.139. The van der Waals surface area contributed by atoms with Gasteiger partial charge in [0.2, 0.25) is 0 Å². The van der Waals surface area contributed by atoms with Crippen LogP contribution >= 0.6 is 0 Å². The van der Waals surface area contributed by atoms with E-state index >= 15 is 0 Å². The zero-order valence-electron chi connectivity index (χ0n) is 10.1. The standard InChI is InChI=1S/C12H18N4O/c1-2-3-6-16(7-8-17)12-10-4-5-13-11(10)14-9-15-12/h4-5,9,17H,2-3,6-8H2,1H3,(H,13,14,15). The first-order valence-electron chi connectivity index (χ1n) is 6.00. The van der Waals surface area contributed by atoms with Gasteiger partial charge in [0.25, 0.3) is 0 Å². The number of unbranched alkanes of at least 4 members (excludes halogenated alkanes) is 1. The smallest absolute Gasteiger partial charge is 0.142 e. The molecule has 2 heterocycles. The summed E-state index contributed by atoms with van der Waals surface area (Å²) >= 11 is 0. The van der Waals surface area contributed by atoms with E-state index in [2.05, 4.69) is 26.8 Å². The summed E-state index contributed by atoms with van der Waals surface area (Å²) in [5.41, 5.74) is 0.842. The third-order valence-electron chi connectivity index (χ3n) is 2.78. The number of fused-ring (bicyclic) bond motifs is 1. The molecule has 0 fully saturated rings. The van der Waals surface area contributed by atoms with Gasteiger partial charge in [0.15, 0.2) is 0 Å². The molecule has 0 radical (unpaired) electrons. The van der Waals surface area contributed by atoms with E-state index in [0.29, 0.717) is 6.54 Å². The average Bonchev–Trinajstić information content (AvgIpc) is 2.82. The number of anilines is 1. The Balaban J connectivity index is 2.30. The highest BCUT2D eigenvalue weighted by atomic mass is 16.3. The number of aliphatic hydroxyl groups excluding tert-OH is 1. The number of H-pyrrole nitrogens is 1. The number of hydrogen-bond acceptors (Lipinski definition) is 4. The molecule has 92 valence electrons.